The molecule has 0 atom stereocenters. The predicted molar refractivity (Wildman–Crippen MR) is 75.6 cm³/mol. The molecule has 3 heteroatoms. The maximum atomic E-state index is 12.2. The first-order valence-electron chi connectivity index (χ1n) is 6.43. The van der Waals surface area contributed by atoms with Gasteiger partial charge in [-0.25, -0.2) is 0 Å². The fourth-order valence-corrected chi connectivity index (χ4v) is 1.80. The van der Waals surface area contributed by atoms with E-state index in [0.29, 0.717) is 0 Å². The van der Waals surface area contributed by atoms with Gasteiger partial charge in [0, 0.05) is 6.54 Å². The number of hydrogen-bond acceptors (Lipinski definition) is 2. The molecule has 3 nitrogen and oxygen atoms in total. The first-order chi connectivity index (χ1) is 8.44. The van der Waals surface area contributed by atoms with Gasteiger partial charge in [0.1, 0.15) is 0 Å². The molecular formula is C15H24N2O. The minimum Gasteiger partial charge on any atom is -0.355 e. The van der Waals surface area contributed by atoms with Gasteiger partial charge in [0.25, 0.3) is 0 Å². The summed E-state index contributed by atoms with van der Waals surface area (Å²) in [6.45, 7) is 5.65. The van der Waals surface area contributed by atoms with Crippen LogP contribution in [0.25, 0.3) is 0 Å². The lowest BCUT2D eigenvalue weighted by Gasteiger charge is -2.24. The van der Waals surface area contributed by atoms with Crippen LogP contribution in [0, 0.1) is 0 Å². The highest BCUT2D eigenvalue weighted by Gasteiger charge is 2.28. The highest BCUT2D eigenvalue weighted by Crippen LogP contribution is 2.22. The summed E-state index contributed by atoms with van der Waals surface area (Å²) >= 11 is 0. The van der Waals surface area contributed by atoms with Crippen LogP contribution in [0.15, 0.2) is 30.3 Å². The zero-order chi connectivity index (χ0) is 13.6. The van der Waals surface area contributed by atoms with Crippen LogP contribution in [0.1, 0.15) is 25.8 Å². The number of nitrogens with one attached hydrogen (secondary N) is 1. The molecule has 0 aliphatic carbocycles. The molecule has 0 saturated carbocycles. The second-order valence-electron chi connectivity index (χ2n) is 5.40. The average molecular weight is 248 g/mol. The maximum Gasteiger partial charge on any atom is 0.230 e. The summed E-state index contributed by atoms with van der Waals surface area (Å²) in [5, 5.41) is 3.01. The summed E-state index contributed by atoms with van der Waals surface area (Å²) in [4.78, 5) is 14.3. The maximum absolute atomic E-state index is 12.2. The highest BCUT2D eigenvalue weighted by molar-refractivity contribution is 5.87. The highest BCUT2D eigenvalue weighted by atomic mass is 16.2. The van der Waals surface area contributed by atoms with Gasteiger partial charge >= 0.3 is 0 Å². The van der Waals surface area contributed by atoms with Crippen molar-refractivity contribution in [1.82, 2.24) is 10.2 Å². The summed E-state index contributed by atoms with van der Waals surface area (Å²) in [6, 6.07) is 9.90. The smallest absolute Gasteiger partial charge is 0.230 e. The Labute approximate surface area is 110 Å². The van der Waals surface area contributed by atoms with Gasteiger partial charge in [0.05, 0.1) is 5.41 Å². The van der Waals surface area contributed by atoms with Gasteiger partial charge in [-0.2, -0.15) is 0 Å². The topological polar surface area (TPSA) is 32.3 Å². The third-order valence-electron chi connectivity index (χ3n) is 3.13. The summed E-state index contributed by atoms with van der Waals surface area (Å²) in [7, 11) is 4.07. The quantitative estimate of drug-likeness (QED) is 0.781. The number of benzene rings is 1. The molecule has 1 amide bonds. The lowest BCUT2D eigenvalue weighted by Crippen LogP contribution is -2.40. The van der Waals surface area contributed by atoms with Crippen LogP contribution >= 0.6 is 0 Å². The van der Waals surface area contributed by atoms with Crippen molar-refractivity contribution in [2.75, 3.05) is 27.2 Å². The van der Waals surface area contributed by atoms with E-state index in [0.717, 1.165) is 25.1 Å². The summed E-state index contributed by atoms with van der Waals surface area (Å²) in [6.07, 6.45) is 0.976. The number of carbonyl (C=O) groups is 1. The Morgan fingerprint density at radius 1 is 1.22 bits per heavy atom. The molecule has 0 aliphatic rings. The molecule has 0 aromatic heterocycles. The van der Waals surface area contributed by atoms with Crippen molar-refractivity contribution in [2.45, 2.75) is 25.7 Å². The molecule has 0 fully saturated rings. The van der Waals surface area contributed by atoms with Crippen molar-refractivity contribution >= 4 is 5.91 Å². The minimum absolute atomic E-state index is 0.0902. The standard InChI is InChI=1S/C15H24N2O/c1-15(2,13-9-6-5-7-10-13)14(18)16-11-8-12-17(3)4/h5-7,9-10H,8,11-12H2,1-4H3,(H,16,18). The van der Waals surface area contributed by atoms with Crippen molar-refractivity contribution in [1.29, 1.82) is 0 Å². The van der Waals surface area contributed by atoms with Crippen LogP contribution in [-0.4, -0.2) is 38.0 Å². The van der Waals surface area contributed by atoms with Crippen LogP contribution in [0.5, 0.6) is 0 Å². The van der Waals surface area contributed by atoms with Gasteiger partial charge in [-0.05, 0) is 46.5 Å². The molecule has 100 valence electrons. The molecule has 18 heavy (non-hydrogen) atoms. The largest absolute Gasteiger partial charge is 0.355 e. The molecule has 1 aromatic rings. The molecule has 0 unspecified atom stereocenters. The Morgan fingerprint density at radius 3 is 2.39 bits per heavy atom. The number of carbonyl (C=O) groups excluding carboxylic acids is 1. The lowest BCUT2D eigenvalue weighted by molar-refractivity contribution is -0.125. The first kappa shape index (κ1) is 14.7. The molecule has 1 aromatic carbocycles. The van der Waals surface area contributed by atoms with Gasteiger partial charge in [0.2, 0.25) is 5.91 Å². The van der Waals surface area contributed by atoms with Crippen molar-refractivity contribution in [2.24, 2.45) is 0 Å². The zero-order valence-corrected chi connectivity index (χ0v) is 11.9. The summed E-state index contributed by atoms with van der Waals surface area (Å²) in [5.74, 6) is 0.0902. The second-order valence-corrected chi connectivity index (χ2v) is 5.40. The monoisotopic (exact) mass is 248 g/mol. The molecule has 0 heterocycles. The van der Waals surface area contributed by atoms with Crippen LogP contribution in [0.2, 0.25) is 0 Å². The Bertz CT molecular complexity index is 371. The number of hydrogen-bond donors (Lipinski definition) is 1. The molecule has 0 bridgehead atoms. The van der Waals surface area contributed by atoms with Crippen LogP contribution in [0.3, 0.4) is 0 Å². The molecule has 0 spiro atoms. The Hall–Kier alpha value is -1.35. The SMILES string of the molecule is CN(C)CCCNC(=O)C(C)(C)c1ccccc1. The van der Waals surface area contributed by atoms with Gasteiger partial charge in [-0.15, -0.1) is 0 Å². The van der Waals surface area contributed by atoms with Crippen LogP contribution in [0.4, 0.5) is 0 Å². The third kappa shape index (κ3) is 4.15. The summed E-state index contributed by atoms with van der Waals surface area (Å²) in [5.41, 5.74) is 0.578. The fraction of sp³-hybridized carbons (Fsp3) is 0.533. The van der Waals surface area contributed by atoms with Crippen molar-refractivity contribution in [3.63, 3.8) is 0 Å². The van der Waals surface area contributed by atoms with E-state index in [9.17, 15) is 4.79 Å². The van der Waals surface area contributed by atoms with Crippen molar-refractivity contribution < 1.29 is 4.79 Å². The minimum atomic E-state index is -0.473. The van der Waals surface area contributed by atoms with E-state index in [2.05, 4.69) is 10.2 Å². The number of rotatable bonds is 6. The van der Waals surface area contributed by atoms with Crippen LogP contribution < -0.4 is 5.32 Å². The first-order valence-corrected chi connectivity index (χ1v) is 6.43. The van der Waals surface area contributed by atoms with E-state index < -0.39 is 5.41 Å². The Morgan fingerprint density at radius 2 is 1.83 bits per heavy atom. The molecule has 1 N–H and O–H groups in total. The molecule has 0 saturated heterocycles. The van der Waals surface area contributed by atoms with Crippen molar-refractivity contribution in [3.05, 3.63) is 35.9 Å². The fourth-order valence-electron chi connectivity index (χ4n) is 1.80. The molecule has 1 rings (SSSR count). The average Bonchev–Trinajstić information content (AvgIpc) is 2.35. The van der Waals surface area contributed by atoms with Gasteiger partial charge in [0.15, 0.2) is 0 Å². The van der Waals surface area contributed by atoms with E-state index in [1.807, 2.05) is 58.3 Å². The normalized spacial score (nSPS) is 11.6. The number of amides is 1. The van der Waals surface area contributed by atoms with Gasteiger partial charge in [-0.3, -0.25) is 4.79 Å². The Kier molecular flexibility index (Phi) is 5.35. The molecule has 0 radical (unpaired) electrons. The third-order valence-corrected chi connectivity index (χ3v) is 3.13. The van der Waals surface area contributed by atoms with E-state index in [-0.39, 0.29) is 5.91 Å². The lowest BCUT2D eigenvalue weighted by atomic mass is 9.84. The predicted octanol–water partition coefficient (Wildman–Crippen LogP) is 2.03. The molecule has 0 aliphatic heterocycles. The van der Waals surface area contributed by atoms with Gasteiger partial charge in [-0.1, -0.05) is 30.3 Å². The second kappa shape index (κ2) is 6.55. The van der Waals surface area contributed by atoms with E-state index in [1.165, 1.54) is 0 Å². The summed E-state index contributed by atoms with van der Waals surface area (Å²) < 4.78 is 0. The van der Waals surface area contributed by atoms with Crippen LogP contribution in [-0.2, 0) is 10.2 Å². The van der Waals surface area contributed by atoms with E-state index in [1.54, 1.807) is 0 Å². The zero-order valence-electron chi connectivity index (χ0n) is 11.9. The Balaban J connectivity index is 2.50. The molecular weight excluding hydrogens is 224 g/mol. The van der Waals surface area contributed by atoms with E-state index in [4.69, 9.17) is 0 Å². The number of nitrogens with zero attached hydrogens (tertiary/aromatic N) is 1. The van der Waals surface area contributed by atoms with E-state index >= 15 is 0 Å². The van der Waals surface area contributed by atoms with Crippen molar-refractivity contribution in [3.8, 4) is 0 Å². The van der Waals surface area contributed by atoms with Gasteiger partial charge < -0.3 is 10.2 Å².